The quantitative estimate of drug-likeness (QED) is 0.738. The van der Waals surface area contributed by atoms with Crippen molar-refractivity contribution in [2.24, 2.45) is 0 Å². The maximum absolute atomic E-state index is 12.3. The first-order valence-electron chi connectivity index (χ1n) is 8.54. The van der Waals surface area contributed by atoms with Gasteiger partial charge in [0.25, 0.3) is 0 Å². The van der Waals surface area contributed by atoms with Crippen molar-refractivity contribution in [3.8, 4) is 0 Å². The summed E-state index contributed by atoms with van der Waals surface area (Å²) in [5.74, 6) is -0.419. The van der Waals surface area contributed by atoms with Crippen LogP contribution >= 0.6 is 0 Å². The lowest BCUT2D eigenvalue weighted by Gasteiger charge is -2.23. The lowest BCUT2D eigenvalue weighted by atomic mass is 10.1. The lowest BCUT2D eigenvalue weighted by Crippen LogP contribution is -2.33. The summed E-state index contributed by atoms with van der Waals surface area (Å²) in [6.07, 6.45) is 1.11. The van der Waals surface area contributed by atoms with Crippen molar-refractivity contribution in [2.75, 3.05) is 22.4 Å². The molecule has 0 radical (unpaired) electrons. The van der Waals surface area contributed by atoms with Crippen molar-refractivity contribution in [3.63, 3.8) is 0 Å². The van der Waals surface area contributed by atoms with Crippen LogP contribution in [0.15, 0.2) is 42.5 Å². The highest BCUT2D eigenvalue weighted by atomic mass is 32.2. The van der Waals surface area contributed by atoms with Gasteiger partial charge in [-0.05, 0) is 56.2 Å². The first kappa shape index (κ1) is 20.6. The number of anilines is 2. The molecule has 144 valence electrons. The summed E-state index contributed by atoms with van der Waals surface area (Å²) in [5.41, 5.74) is 3.58. The maximum Gasteiger partial charge on any atom is 0.232 e. The predicted octanol–water partition coefficient (Wildman–Crippen LogP) is 3.30. The zero-order valence-corrected chi connectivity index (χ0v) is 16.8. The van der Waals surface area contributed by atoms with E-state index in [1.807, 2.05) is 19.9 Å². The van der Waals surface area contributed by atoms with E-state index in [2.05, 4.69) is 5.32 Å². The smallest absolute Gasteiger partial charge is 0.232 e. The Morgan fingerprint density at radius 3 is 2.33 bits per heavy atom. The summed E-state index contributed by atoms with van der Waals surface area (Å²) >= 11 is 0. The first-order chi connectivity index (χ1) is 12.6. The highest BCUT2D eigenvalue weighted by molar-refractivity contribution is 7.92. The third-order valence-electron chi connectivity index (χ3n) is 4.27. The second kappa shape index (κ2) is 8.35. The van der Waals surface area contributed by atoms with Gasteiger partial charge < -0.3 is 5.32 Å². The fourth-order valence-electron chi connectivity index (χ4n) is 2.61. The maximum atomic E-state index is 12.3. The highest BCUT2D eigenvalue weighted by Crippen LogP contribution is 2.21. The van der Waals surface area contributed by atoms with E-state index in [1.165, 1.54) is 11.2 Å². The number of hydrogen-bond donors (Lipinski definition) is 1. The Hall–Kier alpha value is -2.67. The summed E-state index contributed by atoms with van der Waals surface area (Å²) in [5, 5.41) is 2.70. The number of nitrogens with one attached hydrogen (secondary N) is 1. The number of nitrogens with zero attached hydrogens (tertiary/aromatic N) is 1. The van der Waals surface area contributed by atoms with Crippen LogP contribution in [-0.4, -0.2) is 32.9 Å². The number of Topliss-reactive ketones (excluding diaryl/α,β-unsaturated/α-hetero) is 1. The average Bonchev–Trinajstić information content (AvgIpc) is 2.57. The number of carbonyl (C=O) groups is 2. The van der Waals surface area contributed by atoms with Gasteiger partial charge >= 0.3 is 0 Å². The molecule has 0 saturated carbocycles. The number of sulfonamides is 1. The Morgan fingerprint density at radius 2 is 1.74 bits per heavy atom. The largest absolute Gasteiger partial charge is 0.326 e. The minimum atomic E-state index is -3.53. The molecule has 0 aliphatic rings. The molecule has 0 aliphatic carbocycles. The summed E-state index contributed by atoms with van der Waals surface area (Å²) in [4.78, 5) is 23.7. The van der Waals surface area contributed by atoms with Crippen LogP contribution in [0.5, 0.6) is 0 Å². The predicted molar refractivity (Wildman–Crippen MR) is 108 cm³/mol. The van der Waals surface area contributed by atoms with E-state index in [4.69, 9.17) is 0 Å². The molecule has 7 heteroatoms. The van der Waals surface area contributed by atoms with Gasteiger partial charge in [0.1, 0.15) is 0 Å². The molecule has 0 fully saturated rings. The van der Waals surface area contributed by atoms with E-state index in [0.717, 1.165) is 17.4 Å². The highest BCUT2D eigenvalue weighted by Gasteiger charge is 2.19. The van der Waals surface area contributed by atoms with Crippen LogP contribution in [0.25, 0.3) is 0 Å². The number of rotatable bonds is 7. The molecule has 0 aliphatic heterocycles. The molecule has 0 heterocycles. The van der Waals surface area contributed by atoms with Crippen molar-refractivity contribution in [1.82, 2.24) is 0 Å². The molecule has 0 spiro atoms. The first-order valence-corrected chi connectivity index (χ1v) is 10.4. The SMILES string of the molecule is CC(=O)c1cccc(NC(=O)CCN(c2ccc(C)c(C)c2)S(C)(=O)=O)c1. The fourth-order valence-corrected chi connectivity index (χ4v) is 3.53. The van der Waals surface area contributed by atoms with E-state index >= 15 is 0 Å². The van der Waals surface area contributed by atoms with Crippen LogP contribution in [0.4, 0.5) is 11.4 Å². The van der Waals surface area contributed by atoms with E-state index in [-0.39, 0.29) is 24.7 Å². The van der Waals surface area contributed by atoms with Gasteiger partial charge in [-0.2, -0.15) is 0 Å². The standard InChI is InChI=1S/C20H24N2O4S/c1-14-8-9-19(12-15(14)2)22(27(4,25)26)11-10-20(24)21-18-7-5-6-17(13-18)16(3)23/h5-9,12-13H,10-11H2,1-4H3,(H,21,24). The van der Waals surface area contributed by atoms with Crippen molar-refractivity contribution >= 4 is 33.1 Å². The number of hydrogen-bond acceptors (Lipinski definition) is 4. The zero-order valence-electron chi connectivity index (χ0n) is 15.9. The molecule has 2 rings (SSSR count). The summed E-state index contributed by atoms with van der Waals surface area (Å²) in [7, 11) is -3.53. The molecule has 0 atom stereocenters. The van der Waals surface area contributed by atoms with Gasteiger partial charge in [-0.1, -0.05) is 18.2 Å². The van der Waals surface area contributed by atoms with Crippen LogP contribution in [0.1, 0.15) is 34.8 Å². The van der Waals surface area contributed by atoms with Crippen molar-refractivity contribution in [2.45, 2.75) is 27.2 Å². The molecule has 0 bridgehead atoms. The average molecular weight is 388 g/mol. The normalized spacial score (nSPS) is 11.1. The van der Waals surface area contributed by atoms with Gasteiger partial charge in [-0.3, -0.25) is 13.9 Å². The molecule has 1 N–H and O–H groups in total. The van der Waals surface area contributed by atoms with E-state index in [1.54, 1.807) is 36.4 Å². The molecule has 2 aromatic carbocycles. The molecule has 0 saturated heterocycles. The minimum absolute atomic E-state index is 0.00963. The van der Waals surface area contributed by atoms with Gasteiger partial charge in [0.2, 0.25) is 15.9 Å². The number of amides is 1. The summed E-state index contributed by atoms with van der Waals surface area (Å²) in [6.45, 7) is 5.34. The van der Waals surface area contributed by atoms with E-state index in [0.29, 0.717) is 16.9 Å². The van der Waals surface area contributed by atoms with Crippen LogP contribution in [0, 0.1) is 13.8 Å². The van der Waals surface area contributed by atoms with Crippen molar-refractivity contribution in [3.05, 3.63) is 59.2 Å². The Labute approximate surface area is 160 Å². The van der Waals surface area contributed by atoms with Crippen LogP contribution in [-0.2, 0) is 14.8 Å². The van der Waals surface area contributed by atoms with Gasteiger partial charge in [0.05, 0.1) is 11.9 Å². The molecule has 27 heavy (non-hydrogen) atoms. The van der Waals surface area contributed by atoms with Gasteiger partial charge in [-0.15, -0.1) is 0 Å². The number of carbonyl (C=O) groups excluding carboxylic acids is 2. The number of ketones is 1. The summed E-state index contributed by atoms with van der Waals surface area (Å²) < 4.78 is 25.6. The Morgan fingerprint density at radius 1 is 1.04 bits per heavy atom. The molecule has 1 amide bonds. The summed E-state index contributed by atoms with van der Waals surface area (Å²) in [6, 6.07) is 12.0. The molecule has 0 aromatic heterocycles. The second-order valence-corrected chi connectivity index (χ2v) is 8.45. The van der Waals surface area contributed by atoms with Crippen LogP contribution in [0.2, 0.25) is 0 Å². The Bertz CT molecular complexity index is 968. The Balaban J connectivity index is 2.11. The second-order valence-electron chi connectivity index (χ2n) is 6.54. The van der Waals surface area contributed by atoms with E-state index in [9.17, 15) is 18.0 Å². The Kier molecular flexibility index (Phi) is 6.38. The van der Waals surface area contributed by atoms with Crippen molar-refractivity contribution < 1.29 is 18.0 Å². The molecular formula is C20H24N2O4S. The molecule has 0 unspecified atom stereocenters. The third-order valence-corrected chi connectivity index (χ3v) is 5.47. The molecular weight excluding hydrogens is 364 g/mol. The minimum Gasteiger partial charge on any atom is -0.326 e. The van der Waals surface area contributed by atoms with Gasteiger partial charge in [0, 0.05) is 24.2 Å². The fraction of sp³-hybridized carbons (Fsp3) is 0.300. The molecule has 2 aromatic rings. The van der Waals surface area contributed by atoms with Crippen LogP contribution in [0.3, 0.4) is 0 Å². The molecule has 6 nitrogen and oxygen atoms in total. The number of aryl methyl sites for hydroxylation is 2. The monoisotopic (exact) mass is 388 g/mol. The van der Waals surface area contributed by atoms with E-state index < -0.39 is 10.0 Å². The topological polar surface area (TPSA) is 83.6 Å². The van der Waals surface area contributed by atoms with Gasteiger partial charge in [0.15, 0.2) is 5.78 Å². The number of benzene rings is 2. The van der Waals surface area contributed by atoms with Crippen LogP contribution < -0.4 is 9.62 Å². The lowest BCUT2D eigenvalue weighted by molar-refractivity contribution is -0.116. The van der Waals surface area contributed by atoms with Crippen molar-refractivity contribution in [1.29, 1.82) is 0 Å². The van der Waals surface area contributed by atoms with Gasteiger partial charge in [-0.25, -0.2) is 8.42 Å². The zero-order chi connectivity index (χ0) is 20.2. The third kappa shape index (κ3) is 5.65.